The van der Waals surface area contributed by atoms with Crippen molar-refractivity contribution in [2.75, 3.05) is 39.1 Å². The Kier molecular flexibility index (Phi) is 5.72. The number of anilines is 1. The van der Waals surface area contributed by atoms with E-state index in [9.17, 15) is 0 Å². The highest BCUT2D eigenvalue weighted by atomic mass is 16.5. The molecule has 0 spiro atoms. The highest BCUT2D eigenvalue weighted by Crippen LogP contribution is 2.15. The number of hydrogen-bond acceptors (Lipinski definition) is 3. The van der Waals surface area contributed by atoms with Gasteiger partial charge in [-0.2, -0.15) is 0 Å². The number of hydrogen-bond donors (Lipinski definition) is 1. The Balaban J connectivity index is 2.26. The molecule has 0 aliphatic rings. The van der Waals surface area contributed by atoms with Crippen LogP contribution in [0.2, 0.25) is 0 Å². The minimum absolute atomic E-state index is 0.718. The van der Waals surface area contributed by atoms with Crippen LogP contribution in [0.5, 0.6) is 5.75 Å². The molecule has 0 amide bonds. The van der Waals surface area contributed by atoms with Crippen LogP contribution in [-0.2, 0) is 0 Å². The molecule has 0 fully saturated rings. The van der Waals surface area contributed by atoms with E-state index < -0.39 is 0 Å². The zero-order valence-corrected chi connectivity index (χ0v) is 10.5. The van der Waals surface area contributed by atoms with Crippen molar-refractivity contribution in [3.63, 3.8) is 0 Å². The first-order valence-corrected chi connectivity index (χ1v) is 5.84. The smallest absolute Gasteiger partial charge is 0.119 e. The molecular formula is C13H22N2O. The number of benzene rings is 1. The maximum atomic E-state index is 5.38. The number of nitrogens with zero attached hydrogens (tertiary/aromatic N) is 1. The van der Waals surface area contributed by atoms with Gasteiger partial charge in [0.25, 0.3) is 0 Å². The molecule has 1 aromatic rings. The minimum Gasteiger partial charge on any atom is -0.494 e. The SMILES string of the molecule is CCOc1ccc(NCCCN(C)C)cc1. The highest BCUT2D eigenvalue weighted by molar-refractivity contribution is 5.46. The molecule has 0 atom stereocenters. The van der Waals surface area contributed by atoms with E-state index in [0.717, 1.165) is 37.6 Å². The summed E-state index contributed by atoms with van der Waals surface area (Å²) in [6.07, 6.45) is 1.15. The summed E-state index contributed by atoms with van der Waals surface area (Å²) in [5, 5.41) is 3.39. The predicted octanol–water partition coefficient (Wildman–Crippen LogP) is 2.45. The molecular weight excluding hydrogens is 200 g/mol. The van der Waals surface area contributed by atoms with E-state index in [0.29, 0.717) is 0 Å². The molecule has 0 saturated heterocycles. The lowest BCUT2D eigenvalue weighted by Gasteiger charge is -2.11. The summed E-state index contributed by atoms with van der Waals surface area (Å²) in [4.78, 5) is 2.19. The fourth-order valence-corrected chi connectivity index (χ4v) is 1.46. The lowest BCUT2D eigenvalue weighted by atomic mass is 10.3. The molecule has 0 unspecified atom stereocenters. The Morgan fingerprint density at radius 2 is 1.88 bits per heavy atom. The first-order valence-electron chi connectivity index (χ1n) is 5.84. The van der Waals surface area contributed by atoms with Gasteiger partial charge in [-0.1, -0.05) is 0 Å². The van der Waals surface area contributed by atoms with Crippen molar-refractivity contribution in [1.82, 2.24) is 4.90 Å². The molecule has 0 aliphatic carbocycles. The Hall–Kier alpha value is -1.22. The number of rotatable bonds is 7. The maximum Gasteiger partial charge on any atom is 0.119 e. The first-order chi connectivity index (χ1) is 7.72. The molecule has 0 saturated carbocycles. The van der Waals surface area contributed by atoms with Crippen molar-refractivity contribution in [2.24, 2.45) is 0 Å². The van der Waals surface area contributed by atoms with E-state index in [2.05, 4.69) is 36.4 Å². The van der Waals surface area contributed by atoms with Crippen LogP contribution in [0.4, 0.5) is 5.69 Å². The summed E-state index contributed by atoms with van der Waals surface area (Å²) >= 11 is 0. The van der Waals surface area contributed by atoms with Gasteiger partial charge in [0.05, 0.1) is 6.61 Å². The van der Waals surface area contributed by atoms with Crippen molar-refractivity contribution < 1.29 is 4.74 Å². The van der Waals surface area contributed by atoms with Gasteiger partial charge >= 0.3 is 0 Å². The molecule has 90 valence electrons. The Labute approximate surface area is 98.4 Å². The molecule has 3 heteroatoms. The minimum atomic E-state index is 0.718. The maximum absolute atomic E-state index is 5.38. The van der Waals surface area contributed by atoms with Crippen LogP contribution in [0.15, 0.2) is 24.3 Å². The third-order valence-electron chi connectivity index (χ3n) is 2.28. The Morgan fingerprint density at radius 1 is 1.19 bits per heavy atom. The monoisotopic (exact) mass is 222 g/mol. The van der Waals surface area contributed by atoms with Gasteiger partial charge in [0.1, 0.15) is 5.75 Å². The molecule has 1 N–H and O–H groups in total. The normalized spacial score (nSPS) is 10.5. The summed E-state index contributed by atoms with van der Waals surface area (Å²) in [6, 6.07) is 8.11. The Morgan fingerprint density at radius 3 is 2.44 bits per heavy atom. The second-order valence-electron chi connectivity index (χ2n) is 4.04. The van der Waals surface area contributed by atoms with Crippen LogP contribution in [0.3, 0.4) is 0 Å². The zero-order chi connectivity index (χ0) is 11.8. The fourth-order valence-electron chi connectivity index (χ4n) is 1.46. The molecule has 0 bridgehead atoms. The van der Waals surface area contributed by atoms with Crippen LogP contribution in [0, 0.1) is 0 Å². The topological polar surface area (TPSA) is 24.5 Å². The average Bonchev–Trinajstić information content (AvgIpc) is 2.27. The highest BCUT2D eigenvalue weighted by Gasteiger charge is 1.94. The van der Waals surface area contributed by atoms with Crippen LogP contribution in [0.1, 0.15) is 13.3 Å². The van der Waals surface area contributed by atoms with Gasteiger partial charge in [0.15, 0.2) is 0 Å². The third-order valence-corrected chi connectivity index (χ3v) is 2.28. The summed E-state index contributed by atoms with van der Waals surface area (Å²) in [6.45, 7) is 4.83. The van der Waals surface area contributed by atoms with Gasteiger partial charge in [-0.25, -0.2) is 0 Å². The quantitative estimate of drug-likeness (QED) is 0.717. The van der Waals surface area contributed by atoms with Gasteiger partial charge in [0.2, 0.25) is 0 Å². The van der Waals surface area contributed by atoms with Crippen LogP contribution < -0.4 is 10.1 Å². The van der Waals surface area contributed by atoms with Crippen molar-refractivity contribution in [2.45, 2.75) is 13.3 Å². The molecule has 0 aliphatic heterocycles. The molecule has 3 nitrogen and oxygen atoms in total. The molecule has 1 aromatic carbocycles. The molecule has 1 rings (SSSR count). The van der Waals surface area contributed by atoms with Gasteiger partial charge in [-0.15, -0.1) is 0 Å². The summed E-state index contributed by atoms with van der Waals surface area (Å²) in [5.74, 6) is 0.932. The second kappa shape index (κ2) is 7.12. The lowest BCUT2D eigenvalue weighted by Crippen LogP contribution is -2.16. The summed E-state index contributed by atoms with van der Waals surface area (Å²) in [5.41, 5.74) is 1.15. The molecule has 0 heterocycles. The van der Waals surface area contributed by atoms with E-state index in [1.807, 2.05) is 19.1 Å². The second-order valence-corrected chi connectivity index (χ2v) is 4.04. The van der Waals surface area contributed by atoms with Crippen molar-refractivity contribution in [1.29, 1.82) is 0 Å². The van der Waals surface area contributed by atoms with Crippen molar-refractivity contribution in [3.05, 3.63) is 24.3 Å². The van der Waals surface area contributed by atoms with Crippen molar-refractivity contribution in [3.8, 4) is 5.75 Å². The lowest BCUT2D eigenvalue weighted by molar-refractivity contribution is 0.340. The van der Waals surface area contributed by atoms with E-state index in [1.54, 1.807) is 0 Å². The van der Waals surface area contributed by atoms with Gasteiger partial charge < -0.3 is 15.0 Å². The van der Waals surface area contributed by atoms with Crippen LogP contribution >= 0.6 is 0 Å². The molecule has 16 heavy (non-hydrogen) atoms. The van der Waals surface area contributed by atoms with Crippen LogP contribution in [0.25, 0.3) is 0 Å². The van der Waals surface area contributed by atoms with E-state index in [-0.39, 0.29) is 0 Å². The third kappa shape index (κ3) is 5.03. The number of ether oxygens (including phenoxy) is 1. The van der Waals surface area contributed by atoms with Gasteiger partial charge in [-0.05, 0) is 58.3 Å². The fraction of sp³-hybridized carbons (Fsp3) is 0.538. The standard InChI is InChI=1S/C13H22N2O/c1-4-16-13-8-6-12(7-9-13)14-10-5-11-15(2)3/h6-9,14H,4-5,10-11H2,1-3H3. The largest absolute Gasteiger partial charge is 0.494 e. The zero-order valence-electron chi connectivity index (χ0n) is 10.5. The summed E-state index contributed by atoms with van der Waals surface area (Å²) in [7, 11) is 4.19. The molecule has 0 aromatic heterocycles. The predicted molar refractivity (Wildman–Crippen MR) is 69.3 cm³/mol. The van der Waals surface area contributed by atoms with Crippen molar-refractivity contribution >= 4 is 5.69 Å². The van der Waals surface area contributed by atoms with Crippen LogP contribution in [-0.4, -0.2) is 38.7 Å². The molecule has 0 radical (unpaired) electrons. The number of nitrogens with one attached hydrogen (secondary N) is 1. The van der Waals surface area contributed by atoms with Gasteiger partial charge in [0, 0.05) is 12.2 Å². The average molecular weight is 222 g/mol. The summed E-state index contributed by atoms with van der Waals surface area (Å²) < 4.78 is 5.38. The van der Waals surface area contributed by atoms with Gasteiger partial charge in [-0.3, -0.25) is 0 Å². The van der Waals surface area contributed by atoms with E-state index in [4.69, 9.17) is 4.74 Å². The Bertz CT molecular complexity index is 282. The van der Waals surface area contributed by atoms with E-state index >= 15 is 0 Å². The van der Waals surface area contributed by atoms with E-state index in [1.165, 1.54) is 0 Å². The first kappa shape index (κ1) is 12.8.